The summed E-state index contributed by atoms with van der Waals surface area (Å²) in [6.07, 6.45) is 3.71. The van der Waals surface area contributed by atoms with Crippen molar-refractivity contribution in [1.82, 2.24) is 14.8 Å². The van der Waals surface area contributed by atoms with Crippen molar-refractivity contribution in [2.75, 3.05) is 19.6 Å². The van der Waals surface area contributed by atoms with Gasteiger partial charge < -0.3 is 4.90 Å². The molecule has 3 heterocycles. The van der Waals surface area contributed by atoms with Crippen molar-refractivity contribution < 1.29 is 9.59 Å². The van der Waals surface area contributed by atoms with E-state index in [0.717, 1.165) is 77.8 Å². The molecule has 1 saturated heterocycles. The van der Waals surface area contributed by atoms with Crippen LogP contribution in [0.4, 0.5) is 0 Å². The molecule has 6 nitrogen and oxygen atoms in total. The molecule has 0 unspecified atom stereocenters. The molecule has 2 amide bonds. The molecule has 1 aromatic heterocycles. The van der Waals surface area contributed by atoms with Gasteiger partial charge in [0.15, 0.2) is 0 Å². The van der Waals surface area contributed by atoms with Crippen LogP contribution in [0.25, 0.3) is 22.0 Å². The van der Waals surface area contributed by atoms with Crippen molar-refractivity contribution in [3.8, 4) is 11.1 Å². The lowest BCUT2D eigenvalue weighted by molar-refractivity contribution is -0.139. The third-order valence-corrected chi connectivity index (χ3v) is 8.38. The van der Waals surface area contributed by atoms with Crippen LogP contribution in [0, 0.1) is 18.8 Å². The number of carbonyl (C=O) groups excluding carboxylic acids is 2. The Labute approximate surface area is 215 Å². The van der Waals surface area contributed by atoms with E-state index in [1.54, 1.807) is 0 Å². The molecule has 2 saturated carbocycles. The van der Waals surface area contributed by atoms with Gasteiger partial charge in [0.25, 0.3) is 5.91 Å². The highest BCUT2D eigenvalue weighted by Crippen LogP contribution is 2.46. The van der Waals surface area contributed by atoms with Crippen LogP contribution in [0.5, 0.6) is 0 Å². The van der Waals surface area contributed by atoms with Crippen LogP contribution in [0.3, 0.4) is 0 Å². The number of pyridine rings is 1. The fraction of sp³-hybridized carbons (Fsp3) is 0.379. The van der Waals surface area contributed by atoms with Crippen LogP contribution in [0.15, 0.2) is 53.5 Å². The van der Waals surface area contributed by atoms with Crippen molar-refractivity contribution in [3.63, 3.8) is 0 Å². The Balaban J connectivity index is 1.11. The Hall–Kier alpha value is -3.25. The number of carbonyl (C=O) groups is 2. The molecule has 2 aliphatic heterocycles. The molecule has 4 aliphatic rings. The molecule has 7 rings (SSSR count). The minimum absolute atomic E-state index is 0.126. The van der Waals surface area contributed by atoms with E-state index < -0.39 is 5.54 Å². The largest absolute Gasteiger partial charge is 0.342 e. The summed E-state index contributed by atoms with van der Waals surface area (Å²) in [4.78, 5) is 38.8. The van der Waals surface area contributed by atoms with E-state index in [0.29, 0.717) is 23.5 Å². The molecule has 36 heavy (non-hydrogen) atoms. The number of benzene rings is 2. The fourth-order valence-corrected chi connectivity index (χ4v) is 5.59. The Bertz CT molecular complexity index is 1450. The normalized spacial score (nSPS) is 20.7. The van der Waals surface area contributed by atoms with E-state index in [1.165, 1.54) is 0 Å². The highest BCUT2D eigenvalue weighted by molar-refractivity contribution is 6.30. The van der Waals surface area contributed by atoms with Crippen molar-refractivity contribution in [1.29, 1.82) is 0 Å². The number of amidine groups is 1. The SMILES string of the molecule is Cc1cc2ccc(-c3ccc(C4=NC5(CC5)C(=O)N4CC4CN(C(=O)C5CC5)C4)cc3)cc2nc1Cl. The summed E-state index contributed by atoms with van der Waals surface area (Å²) in [7, 11) is 0. The summed E-state index contributed by atoms with van der Waals surface area (Å²) in [5.74, 6) is 1.77. The quantitative estimate of drug-likeness (QED) is 0.472. The van der Waals surface area contributed by atoms with Gasteiger partial charge >= 0.3 is 0 Å². The smallest absolute Gasteiger partial charge is 0.256 e. The summed E-state index contributed by atoms with van der Waals surface area (Å²) < 4.78 is 0. The van der Waals surface area contributed by atoms with Gasteiger partial charge in [0.1, 0.15) is 16.5 Å². The number of rotatable bonds is 5. The molecule has 0 bridgehead atoms. The molecular formula is C29H27ClN4O2. The van der Waals surface area contributed by atoms with Gasteiger partial charge in [0.05, 0.1) is 5.52 Å². The van der Waals surface area contributed by atoms with E-state index in [1.807, 2.05) is 16.7 Å². The minimum atomic E-state index is -0.539. The molecular weight excluding hydrogens is 472 g/mol. The second-order valence-corrected chi connectivity index (χ2v) is 11.2. The molecule has 2 aromatic carbocycles. The van der Waals surface area contributed by atoms with Gasteiger partial charge in [-0.1, -0.05) is 48.0 Å². The summed E-state index contributed by atoms with van der Waals surface area (Å²) in [5.41, 5.74) is 4.40. The molecule has 0 radical (unpaired) electrons. The van der Waals surface area contributed by atoms with Crippen molar-refractivity contribution >= 4 is 40.2 Å². The van der Waals surface area contributed by atoms with Gasteiger partial charge in [-0.05, 0) is 61.4 Å². The molecule has 0 N–H and O–H groups in total. The number of hydrogen-bond acceptors (Lipinski definition) is 4. The summed E-state index contributed by atoms with van der Waals surface area (Å²) in [5, 5.41) is 1.59. The summed E-state index contributed by atoms with van der Waals surface area (Å²) >= 11 is 6.25. The molecule has 182 valence electrons. The highest BCUT2D eigenvalue weighted by atomic mass is 35.5. The number of fused-ring (bicyclic) bond motifs is 1. The second kappa shape index (κ2) is 7.87. The van der Waals surface area contributed by atoms with Crippen molar-refractivity contribution in [3.05, 3.63) is 64.8 Å². The first-order chi connectivity index (χ1) is 17.4. The maximum Gasteiger partial charge on any atom is 0.256 e. The number of hydrogen-bond donors (Lipinski definition) is 0. The molecule has 3 aromatic rings. The van der Waals surface area contributed by atoms with Crippen LogP contribution < -0.4 is 0 Å². The molecule has 0 atom stereocenters. The highest BCUT2D eigenvalue weighted by Gasteiger charge is 2.57. The standard InChI is InChI=1S/C29H27ClN4O2/c1-17-12-23-9-8-22(13-24(23)31-25(17)30)19-2-4-20(5-3-19)26-32-29(10-11-29)28(36)34(26)16-18-14-33(15-18)27(35)21-6-7-21/h2-5,8-9,12-13,18,21H,6-7,10-11,14-16H2,1H3. The zero-order valence-electron chi connectivity index (χ0n) is 20.2. The summed E-state index contributed by atoms with van der Waals surface area (Å²) in [6, 6.07) is 16.5. The Morgan fingerprint density at radius 1 is 1.03 bits per heavy atom. The topological polar surface area (TPSA) is 65.9 Å². The molecule has 3 fully saturated rings. The second-order valence-electron chi connectivity index (χ2n) is 10.8. The Kier molecular flexibility index (Phi) is 4.81. The lowest BCUT2D eigenvalue weighted by atomic mass is 9.97. The van der Waals surface area contributed by atoms with Crippen LogP contribution >= 0.6 is 11.6 Å². The first-order valence-corrected chi connectivity index (χ1v) is 13.2. The van der Waals surface area contributed by atoms with E-state index >= 15 is 0 Å². The predicted molar refractivity (Wildman–Crippen MR) is 140 cm³/mol. The van der Waals surface area contributed by atoms with Gasteiger partial charge in [-0.2, -0.15) is 0 Å². The Morgan fingerprint density at radius 3 is 2.42 bits per heavy atom. The third-order valence-electron chi connectivity index (χ3n) is 8.00. The van der Waals surface area contributed by atoms with Gasteiger partial charge in [-0.15, -0.1) is 0 Å². The number of aliphatic imine (C=N–C) groups is 1. The Morgan fingerprint density at radius 2 is 1.72 bits per heavy atom. The van der Waals surface area contributed by atoms with Crippen LogP contribution in [0.2, 0.25) is 5.15 Å². The lowest BCUT2D eigenvalue weighted by Crippen LogP contribution is -2.55. The van der Waals surface area contributed by atoms with E-state index in [4.69, 9.17) is 16.6 Å². The number of aryl methyl sites for hydroxylation is 1. The average molecular weight is 499 g/mol. The number of amides is 2. The molecule has 2 aliphatic carbocycles. The summed E-state index contributed by atoms with van der Waals surface area (Å²) in [6.45, 7) is 4.09. The number of aromatic nitrogens is 1. The molecule has 7 heteroatoms. The van der Waals surface area contributed by atoms with E-state index in [-0.39, 0.29) is 11.8 Å². The molecule has 1 spiro atoms. The van der Waals surface area contributed by atoms with Crippen molar-refractivity contribution in [2.24, 2.45) is 16.8 Å². The first kappa shape index (κ1) is 22.0. The minimum Gasteiger partial charge on any atom is -0.342 e. The fourth-order valence-electron chi connectivity index (χ4n) is 5.44. The van der Waals surface area contributed by atoms with Crippen LogP contribution in [-0.2, 0) is 9.59 Å². The predicted octanol–water partition coefficient (Wildman–Crippen LogP) is 4.85. The van der Waals surface area contributed by atoms with Gasteiger partial charge in [-0.3, -0.25) is 19.5 Å². The van der Waals surface area contributed by atoms with Crippen LogP contribution in [0.1, 0.15) is 36.8 Å². The zero-order valence-corrected chi connectivity index (χ0v) is 21.0. The third kappa shape index (κ3) is 3.62. The van der Waals surface area contributed by atoms with Crippen molar-refractivity contribution in [2.45, 2.75) is 38.1 Å². The zero-order chi connectivity index (χ0) is 24.6. The maximum absolute atomic E-state index is 13.3. The number of nitrogens with zero attached hydrogens (tertiary/aromatic N) is 4. The monoisotopic (exact) mass is 498 g/mol. The van der Waals surface area contributed by atoms with E-state index in [2.05, 4.69) is 53.5 Å². The first-order valence-electron chi connectivity index (χ1n) is 12.8. The van der Waals surface area contributed by atoms with Gasteiger partial charge in [0.2, 0.25) is 5.91 Å². The number of halogens is 1. The number of likely N-dealkylation sites (tertiary alicyclic amines) is 1. The van der Waals surface area contributed by atoms with Gasteiger partial charge in [-0.25, -0.2) is 4.98 Å². The van der Waals surface area contributed by atoms with Gasteiger partial charge in [0, 0.05) is 42.4 Å². The average Bonchev–Trinajstić information content (AvgIpc) is 3.77. The van der Waals surface area contributed by atoms with E-state index in [9.17, 15) is 9.59 Å². The lowest BCUT2D eigenvalue weighted by Gasteiger charge is -2.41. The van der Waals surface area contributed by atoms with Crippen LogP contribution in [-0.4, -0.2) is 57.6 Å². The maximum atomic E-state index is 13.3.